The molecular formula is C11H19N5S. The first-order valence-corrected chi connectivity index (χ1v) is 6.61. The maximum absolute atomic E-state index is 8.90. The van der Waals surface area contributed by atoms with Gasteiger partial charge in [-0.05, 0) is 37.6 Å². The molecule has 1 aromatic rings. The minimum Gasteiger partial charge on any atom is -0.382 e. The number of hydrogen-bond donors (Lipinski definition) is 2. The molecule has 17 heavy (non-hydrogen) atoms. The lowest BCUT2D eigenvalue weighted by atomic mass is 10.3. The SMILES string of the molecule is CCN(CC)CCCNc1snc(N)c1C#N. The molecule has 0 aliphatic heterocycles. The molecule has 0 amide bonds. The van der Waals surface area contributed by atoms with Crippen molar-refractivity contribution in [2.24, 2.45) is 0 Å². The summed E-state index contributed by atoms with van der Waals surface area (Å²) in [6.45, 7) is 8.38. The lowest BCUT2D eigenvalue weighted by Gasteiger charge is -2.17. The number of rotatable bonds is 7. The Labute approximate surface area is 106 Å². The quantitative estimate of drug-likeness (QED) is 0.724. The summed E-state index contributed by atoms with van der Waals surface area (Å²) in [6, 6.07) is 2.07. The second kappa shape index (κ2) is 7.09. The minimum absolute atomic E-state index is 0.323. The van der Waals surface area contributed by atoms with Gasteiger partial charge in [0, 0.05) is 6.54 Å². The summed E-state index contributed by atoms with van der Waals surface area (Å²) in [4.78, 5) is 2.37. The van der Waals surface area contributed by atoms with Crippen LogP contribution < -0.4 is 11.1 Å². The largest absolute Gasteiger partial charge is 0.382 e. The first kappa shape index (κ1) is 13.7. The Kier molecular flexibility index (Phi) is 5.73. The van der Waals surface area contributed by atoms with E-state index < -0.39 is 0 Å². The highest BCUT2D eigenvalue weighted by Crippen LogP contribution is 2.25. The monoisotopic (exact) mass is 253 g/mol. The molecule has 0 atom stereocenters. The van der Waals surface area contributed by atoms with Crippen molar-refractivity contribution >= 4 is 22.4 Å². The van der Waals surface area contributed by atoms with E-state index >= 15 is 0 Å². The summed E-state index contributed by atoms with van der Waals surface area (Å²) >= 11 is 1.25. The van der Waals surface area contributed by atoms with Gasteiger partial charge in [-0.1, -0.05) is 13.8 Å². The lowest BCUT2D eigenvalue weighted by molar-refractivity contribution is 0.303. The van der Waals surface area contributed by atoms with E-state index in [1.54, 1.807) is 0 Å². The van der Waals surface area contributed by atoms with Gasteiger partial charge in [-0.15, -0.1) is 0 Å². The number of anilines is 2. The predicted octanol–water partition coefficient (Wildman–Crippen LogP) is 1.74. The molecular weight excluding hydrogens is 234 g/mol. The third-order valence-corrected chi connectivity index (χ3v) is 3.48. The predicted molar refractivity (Wildman–Crippen MR) is 72.1 cm³/mol. The number of nitrogen functional groups attached to an aromatic ring is 1. The average Bonchev–Trinajstić information content (AvgIpc) is 2.70. The van der Waals surface area contributed by atoms with Crippen LogP contribution in [0, 0.1) is 11.3 Å². The second-order valence-corrected chi connectivity index (χ2v) is 4.46. The normalized spacial score (nSPS) is 10.5. The molecule has 0 saturated carbocycles. The van der Waals surface area contributed by atoms with Gasteiger partial charge in [0.15, 0.2) is 5.82 Å². The van der Waals surface area contributed by atoms with Crippen molar-refractivity contribution in [1.29, 1.82) is 5.26 Å². The molecule has 0 saturated heterocycles. The third kappa shape index (κ3) is 3.88. The van der Waals surface area contributed by atoms with Crippen molar-refractivity contribution in [1.82, 2.24) is 9.27 Å². The lowest BCUT2D eigenvalue weighted by Crippen LogP contribution is -2.25. The van der Waals surface area contributed by atoms with E-state index in [9.17, 15) is 0 Å². The van der Waals surface area contributed by atoms with Gasteiger partial charge in [-0.2, -0.15) is 9.64 Å². The Balaban J connectivity index is 2.34. The van der Waals surface area contributed by atoms with Crippen LogP contribution in [0.5, 0.6) is 0 Å². The molecule has 5 nitrogen and oxygen atoms in total. The van der Waals surface area contributed by atoms with Gasteiger partial charge >= 0.3 is 0 Å². The van der Waals surface area contributed by atoms with Gasteiger partial charge < -0.3 is 16.0 Å². The highest BCUT2D eigenvalue weighted by Gasteiger charge is 2.09. The average molecular weight is 253 g/mol. The van der Waals surface area contributed by atoms with Crippen molar-refractivity contribution < 1.29 is 0 Å². The van der Waals surface area contributed by atoms with E-state index in [1.807, 2.05) is 0 Å². The molecule has 3 N–H and O–H groups in total. The van der Waals surface area contributed by atoms with E-state index in [0.29, 0.717) is 11.4 Å². The first-order chi connectivity index (χ1) is 8.22. The Hall–Kier alpha value is -1.32. The number of nitrogens with two attached hydrogens (primary N) is 1. The number of nitrogens with one attached hydrogen (secondary N) is 1. The summed E-state index contributed by atoms with van der Waals surface area (Å²) in [5.41, 5.74) is 6.05. The van der Waals surface area contributed by atoms with Gasteiger partial charge in [0.2, 0.25) is 0 Å². The standard InChI is InChI=1S/C11H19N5S/c1-3-16(4-2)7-5-6-14-11-9(8-12)10(13)15-17-11/h14H,3-7H2,1-2H3,(H2,13,15). The van der Waals surface area contributed by atoms with Crippen molar-refractivity contribution in [2.75, 3.05) is 37.2 Å². The molecule has 6 heteroatoms. The van der Waals surface area contributed by atoms with Crippen LogP contribution in [0.3, 0.4) is 0 Å². The van der Waals surface area contributed by atoms with Gasteiger partial charge in [-0.25, -0.2) is 0 Å². The summed E-state index contributed by atoms with van der Waals surface area (Å²) in [5, 5.41) is 12.9. The van der Waals surface area contributed by atoms with Crippen LogP contribution >= 0.6 is 11.5 Å². The molecule has 1 aromatic heterocycles. The van der Waals surface area contributed by atoms with E-state index in [4.69, 9.17) is 11.0 Å². The third-order valence-electron chi connectivity index (χ3n) is 2.66. The van der Waals surface area contributed by atoms with Crippen molar-refractivity contribution in [2.45, 2.75) is 20.3 Å². The highest BCUT2D eigenvalue weighted by atomic mass is 32.1. The maximum Gasteiger partial charge on any atom is 0.157 e. The number of nitrogens with zero attached hydrogens (tertiary/aromatic N) is 3. The number of nitriles is 1. The number of aromatic nitrogens is 1. The van der Waals surface area contributed by atoms with E-state index in [0.717, 1.165) is 37.6 Å². The maximum atomic E-state index is 8.90. The van der Waals surface area contributed by atoms with Crippen LogP contribution in [0.1, 0.15) is 25.8 Å². The van der Waals surface area contributed by atoms with Crippen LogP contribution in [0.4, 0.5) is 10.8 Å². The zero-order valence-electron chi connectivity index (χ0n) is 10.4. The first-order valence-electron chi connectivity index (χ1n) is 5.84. The van der Waals surface area contributed by atoms with Crippen LogP contribution in [0.25, 0.3) is 0 Å². The van der Waals surface area contributed by atoms with E-state index in [-0.39, 0.29) is 0 Å². The molecule has 1 heterocycles. The zero-order valence-corrected chi connectivity index (χ0v) is 11.2. The molecule has 0 bridgehead atoms. The topological polar surface area (TPSA) is 78.0 Å². The second-order valence-electron chi connectivity index (χ2n) is 3.69. The molecule has 0 radical (unpaired) electrons. The fraction of sp³-hybridized carbons (Fsp3) is 0.636. The fourth-order valence-electron chi connectivity index (χ4n) is 1.58. The van der Waals surface area contributed by atoms with Crippen molar-refractivity contribution in [3.8, 4) is 6.07 Å². The summed E-state index contributed by atoms with van der Waals surface area (Å²) in [5.74, 6) is 0.323. The Morgan fingerprint density at radius 1 is 1.47 bits per heavy atom. The molecule has 0 spiro atoms. The molecule has 0 aliphatic carbocycles. The Bertz CT molecular complexity index is 378. The molecule has 1 rings (SSSR count). The molecule has 0 aromatic carbocycles. The van der Waals surface area contributed by atoms with Gasteiger partial charge in [0.25, 0.3) is 0 Å². The van der Waals surface area contributed by atoms with E-state index in [1.165, 1.54) is 11.5 Å². The molecule has 0 fully saturated rings. The van der Waals surface area contributed by atoms with Gasteiger partial charge in [0.1, 0.15) is 16.6 Å². The zero-order chi connectivity index (χ0) is 12.7. The molecule has 0 aliphatic rings. The van der Waals surface area contributed by atoms with Crippen LogP contribution in [0.2, 0.25) is 0 Å². The fourth-order valence-corrected chi connectivity index (χ4v) is 2.26. The Morgan fingerprint density at radius 2 is 2.18 bits per heavy atom. The summed E-state index contributed by atoms with van der Waals surface area (Å²) in [7, 11) is 0. The van der Waals surface area contributed by atoms with Crippen molar-refractivity contribution in [3.05, 3.63) is 5.56 Å². The van der Waals surface area contributed by atoms with Gasteiger partial charge in [0.05, 0.1) is 0 Å². The molecule has 94 valence electrons. The Morgan fingerprint density at radius 3 is 2.76 bits per heavy atom. The van der Waals surface area contributed by atoms with Gasteiger partial charge in [-0.3, -0.25) is 0 Å². The van der Waals surface area contributed by atoms with Crippen LogP contribution in [-0.4, -0.2) is 35.5 Å². The minimum atomic E-state index is 0.323. The number of hydrogen-bond acceptors (Lipinski definition) is 6. The highest BCUT2D eigenvalue weighted by molar-refractivity contribution is 7.10. The van der Waals surface area contributed by atoms with Crippen molar-refractivity contribution in [3.63, 3.8) is 0 Å². The van der Waals surface area contributed by atoms with Crippen LogP contribution in [0.15, 0.2) is 0 Å². The smallest absolute Gasteiger partial charge is 0.157 e. The molecule has 0 unspecified atom stereocenters. The van der Waals surface area contributed by atoms with E-state index in [2.05, 4.69) is 34.5 Å². The van der Waals surface area contributed by atoms with Crippen LogP contribution in [-0.2, 0) is 0 Å². The summed E-state index contributed by atoms with van der Waals surface area (Å²) < 4.78 is 3.96. The summed E-state index contributed by atoms with van der Waals surface area (Å²) in [6.07, 6.45) is 1.05.